The lowest BCUT2D eigenvalue weighted by Crippen LogP contribution is -2.58. The summed E-state index contributed by atoms with van der Waals surface area (Å²) in [5.74, 6) is -0.369. The number of hydrogen-bond donors (Lipinski definition) is 1. The summed E-state index contributed by atoms with van der Waals surface area (Å²) >= 11 is 0. The third kappa shape index (κ3) is 8.74. The summed E-state index contributed by atoms with van der Waals surface area (Å²) in [6.07, 6.45) is 10.2. The molecule has 367 valence electrons. The quantitative estimate of drug-likeness (QED) is 0.0409. The van der Waals surface area contributed by atoms with Crippen LogP contribution in [0, 0.1) is 47.3 Å². The van der Waals surface area contributed by atoms with Gasteiger partial charge in [-0.1, -0.05) is 66.4 Å². The number of alkyl halides is 2. The third-order valence-corrected chi connectivity index (χ3v) is 21.1. The monoisotopic (exact) mass is 985 g/mol. The lowest BCUT2D eigenvalue weighted by atomic mass is 9.50. The van der Waals surface area contributed by atoms with Gasteiger partial charge in [-0.25, -0.2) is 9.59 Å². The molecule has 9 aliphatic rings. The maximum Gasteiger partial charge on any atom is 0.402 e. The standard InChI is InChI=1S/C53H59F2O12SSi/c1-29(49(58)65-28-53(54,55)68(60,61)62)13-30-9-11-41-40-7-5-6-8-45(40)69(46(41)24-30)39-10-12-44(63-4)42(25-39)43(26-47(56)66-51(2)35-16-31-14-32(18-35)19-36(51)17-31)50(59)64-27-48(57)67-52(3)37-20-33-15-34(22-37)23-38(52)21-33/h5-12,24-25,31-38,43H,1,13-23,26-28H2,2-4H3,(H,60,61,62). The Labute approximate surface area is 403 Å². The number of methoxy groups -OCH3 is 1. The van der Waals surface area contributed by atoms with Gasteiger partial charge in [0.25, 0.3) is 0 Å². The van der Waals surface area contributed by atoms with Gasteiger partial charge in [0.1, 0.15) is 17.0 Å². The van der Waals surface area contributed by atoms with Crippen LogP contribution in [0.4, 0.5) is 8.78 Å². The molecule has 12 nitrogen and oxygen atoms in total. The number of ether oxygens (including phenoxy) is 5. The molecule has 1 unspecified atom stereocenters. The van der Waals surface area contributed by atoms with Gasteiger partial charge in [-0.3, -0.25) is 14.1 Å². The maximum atomic E-state index is 14.7. The van der Waals surface area contributed by atoms with Gasteiger partial charge in [0.2, 0.25) is 0 Å². The first-order chi connectivity index (χ1) is 32.7. The van der Waals surface area contributed by atoms with Crippen LogP contribution in [-0.4, -0.2) is 82.4 Å². The van der Waals surface area contributed by atoms with Gasteiger partial charge in [-0.05, 0) is 159 Å². The third-order valence-electron chi connectivity index (χ3n) is 17.4. The van der Waals surface area contributed by atoms with Crippen LogP contribution in [-0.2, 0) is 54.7 Å². The Morgan fingerprint density at radius 3 is 1.87 bits per heavy atom. The second kappa shape index (κ2) is 17.7. The Hall–Kier alpha value is -4.93. The summed E-state index contributed by atoms with van der Waals surface area (Å²) in [5.41, 5.74) is 1.40. The summed E-state index contributed by atoms with van der Waals surface area (Å²) in [7, 11) is -6.22. The van der Waals surface area contributed by atoms with Crippen molar-refractivity contribution in [2.24, 2.45) is 47.3 Å². The predicted octanol–water partition coefficient (Wildman–Crippen LogP) is 6.85. The molecule has 8 aliphatic carbocycles. The fraction of sp³-hybridized carbons (Fsp3) is 0.547. The van der Waals surface area contributed by atoms with Crippen molar-refractivity contribution in [2.75, 3.05) is 20.3 Å². The molecular formula is C53H59F2O12SSi. The van der Waals surface area contributed by atoms with E-state index in [2.05, 4.69) is 18.2 Å². The molecule has 3 aromatic carbocycles. The molecule has 0 aromatic heterocycles. The van der Waals surface area contributed by atoms with Gasteiger partial charge in [0.15, 0.2) is 22.0 Å². The minimum Gasteiger partial charge on any atom is -0.496 e. The molecule has 12 rings (SSSR count). The normalized spacial score (nSPS) is 30.8. The zero-order chi connectivity index (χ0) is 48.8. The second-order valence-electron chi connectivity index (χ2n) is 21.5. The molecule has 0 amide bonds. The largest absolute Gasteiger partial charge is 0.496 e. The van der Waals surface area contributed by atoms with Gasteiger partial charge >= 0.3 is 39.2 Å². The number of carbonyl (C=O) groups excluding carboxylic acids is 4. The van der Waals surface area contributed by atoms with Crippen LogP contribution in [0.2, 0.25) is 0 Å². The predicted molar refractivity (Wildman–Crippen MR) is 251 cm³/mol. The molecule has 8 bridgehead atoms. The highest BCUT2D eigenvalue weighted by atomic mass is 32.2. The first kappa shape index (κ1) is 47.7. The Balaban J connectivity index is 0.934. The summed E-state index contributed by atoms with van der Waals surface area (Å²) in [6.45, 7) is 5.31. The molecule has 1 atom stereocenters. The van der Waals surface area contributed by atoms with E-state index < -0.39 is 78.4 Å². The molecule has 8 saturated carbocycles. The Bertz CT molecular complexity index is 2660. The van der Waals surface area contributed by atoms with Gasteiger partial charge in [-0.2, -0.15) is 17.2 Å². The lowest BCUT2D eigenvalue weighted by Gasteiger charge is -2.59. The highest BCUT2D eigenvalue weighted by Crippen LogP contribution is 2.61. The zero-order valence-electron chi connectivity index (χ0n) is 39.2. The number of esters is 4. The number of fused-ring (bicyclic) bond motifs is 3. The molecule has 1 heterocycles. The minimum atomic E-state index is -5.81. The van der Waals surface area contributed by atoms with Crippen LogP contribution in [0.3, 0.4) is 0 Å². The molecule has 0 spiro atoms. The van der Waals surface area contributed by atoms with Crippen molar-refractivity contribution in [3.63, 3.8) is 0 Å². The second-order valence-corrected chi connectivity index (χ2v) is 25.5. The van der Waals surface area contributed by atoms with Crippen molar-refractivity contribution >= 4 is 58.4 Å². The van der Waals surface area contributed by atoms with Gasteiger partial charge in [-0.15, -0.1) is 0 Å². The number of benzene rings is 3. The topological polar surface area (TPSA) is 169 Å². The molecule has 3 aromatic rings. The van der Waals surface area contributed by atoms with Crippen LogP contribution >= 0.6 is 0 Å². The van der Waals surface area contributed by atoms with E-state index in [0.29, 0.717) is 40.5 Å². The van der Waals surface area contributed by atoms with Crippen LogP contribution in [0.15, 0.2) is 72.8 Å². The maximum absolute atomic E-state index is 14.7. The molecule has 16 heteroatoms. The van der Waals surface area contributed by atoms with E-state index >= 15 is 0 Å². The van der Waals surface area contributed by atoms with Crippen molar-refractivity contribution in [2.45, 2.75) is 113 Å². The number of hydrogen-bond acceptors (Lipinski definition) is 11. The summed E-state index contributed by atoms with van der Waals surface area (Å²) < 4.78 is 87.8. The Kier molecular flexibility index (Phi) is 12.3. The molecule has 1 N–H and O–H groups in total. The fourth-order valence-electron chi connectivity index (χ4n) is 14.2. The van der Waals surface area contributed by atoms with Crippen molar-refractivity contribution in [3.8, 4) is 16.9 Å². The van der Waals surface area contributed by atoms with Crippen molar-refractivity contribution in [1.29, 1.82) is 0 Å². The van der Waals surface area contributed by atoms with E-state index in [4.69, 9.17) is 23.5 Å². The average Bonchev–Trinajstić information content (AvgIpc) is 3.62. The zero-order valence-corrected chi connectivity index (χ0v) is 41.0. The molecule has 0 saturated heterocycles. The smallest absolute Gasteiger partial charge is 0.402 e. The van der Waals surface area contributed by atoms with Gasteiger partial charge < -0.3 is 23.7 Å². The number of carbonyl (C=O) groups is 4. The molecule has 1 radical (unpaired) electrons. The summed E-state index contributed by atoms with van der Waals surface area (Å²) in [5, 5.41) is -1.91. The Morgan fingerprint density at radius 2 is 1.30 bits per heavy atom. The van der Waals surface area contributed by atoms with Crippen LogP contribution in [0.25, 0.3) is 11.1 Å². The average molecular weight is 986 g/mol. The van der Waals surface area contributed by atoms with E-state index in [9.17, 15) is 36.4 Å². The first-order valence-corrected chi connectivity index (χ1v) is 27.2. The highest BCUT2D eigenvalue weighted by Gasteiger charge is 2.58. The van der Waals surface area contributed by atoms with Crippen LogP contribution < -0.4 is 20.3 Å². The van der Waals surface area contributed by atoms with E-state index in [1.165, 1.54) is 20.0 Å². The summed E-state index contributed by atoms with van der Waals surface area (Å²) in [6, 6.07) is 19.0. The van der Waals surface area contributed by atoms with Gasteiger partial charge in [0.05, 0.1) is 19.4 Å². The minimum absolute atomic E-state index is 0.120. The number of rotatable bonds is 16. The van der Waals surface area contributed by atoms with E-state index in [1.807, 2.05) is 55.5 Å². The summed E-state index contributed by atoms with van der Waals surface area (Å²) in [4.78, 5) is 55.5. The van der Waals surface area contributed by atoms with Crippen molar-refractivity contribution in [3.05, 3.63) is 83.9 Å². The van der Waals surface area contributed by atoms with E-state index in [-0.39, 0.29) is 42.1 Å². The lowest BCUT2D eigenvalue weighted by molar-refractivity contribution is -0.207. The number of halogens is 2. The Morgan fingerprint density at radius 1 is 0.754 bits per heavy atom. The van der Waals surface area contributed by atoms with Crippen molar-refractivity contribution in [1.82, 2.24) is 0 Å². The van der Waals surface area contributed by atoms with Crippen LogP contribution in [0.5, 0.6) is 5.75 Å². The van der Waals surface area contributed by atoms with Gasteiger partial charge in [0, 0.05) is 17.6 Å². The first-order valence-electron chi connectivity index (χ1n) is 24.3. The molecule has 1 aliphatic heterocycles. The van der Waals surface area contributed by atoms with Crippen molar-refractivity contribution < 1.29 is 64.6 Å². The fourth-order valence-corrected chi connectivity index (χ4v) is 17.4. The highest BCUT2D eigenvalue weighted by molar-refractivity contribution is 7.86. The van der Waals surface area contributed by atoms with E-state index in [0.717, 1.165) is 78.1 Å². The molecule has 69 heavy (non-hydrogen) atoms. The van der Waals surface area contributed by atoms with E-state index in [1.54, 1.807) is 12.1 Å². The SMILES string of the molecule is C=C(Cc1ccc2c(c1)[Si](c1ccc(OC)c(C(CC(=O)OC3(C)C4CC5CC(C4)CC3C5)C(=O)OCC(=O)OC3(C)C4CC5CC(C4)CC3C5)c1)c1ccccc1-2)C(=O)OCC(F)(F)S(=O)(=O)O. The van der Waals surface area contributed by atoms with Crippen LogP contribution in [0.1, 0.15) is 102 Å². The molecule has 8 fully saturated rings. The molecular weight excluding hydrogens is 927 g/mol.